The summed E-state index contributed by atoms with van der Waals surface area (Å²) in [6.45, 7) is 15.5. The van der Waals surface area contributed by atoms with Crippen LogP contribution in [0.2, 0.25) is 0 Å². The standard InChI is InChI=1S/C45H72N10O12/c1-11-23(6)34-43(65)53-19-28(18-29(58)20-53)48-33(22(4)5)44(66)54-16-12-14-30(54)39(61)46-24(7)37(59)49-32(21(2)3)41(63)51-35(26(9)56)42(64)52-36(27(10)57)45(67)55-17-13-15-31(55)40(62)47-25(8)38(60)50-34/h18,21-27,30-36,48,56-57H,11-17,19-20H2,1-10H3,(H,46,61)(H,47,62)(H,49,59)(H,50,60)(H,51,63)(H,52,64)/t23-,24+,25+,26-,27-,30-,31-,32?,33?,34+,35?,36?/m1/s1. The molecule has 22 heteroatoms. The molecule has 0 spiro atoms. The van der Waals surface area contributed by atoms with Crippen molar-refractivity contribution >= 4 is 58.9 Å². The Morgan fingerprint density at radius 1 is 0.522 bits per heavy atom. The molecule has 12 atom stereocenters. The second-order valence-corrected chi connectivity index (χ2v) is 19.1. The van der Waals surface area contributed by atoms with E-state index in [2.05, 4.69) is 37.2 Å². The van der Waals surface area contributed by atoms with Crippen molar-refractivity contribution < 1.29 is 58.2 Å². The molecule has 3 saturated heterocycles. The maximum atomic E-state index is 14.3. The number of aliphatic hydroxyl groups is 2. The molecule has 0 aromatic heterocycles. The average Bonchev–Trinajstić information content (AvgIpc) is 3.97. The maximum absolute atomic E-state index is 14.3. The number of ketones is 1. The van der Waals surface area contributed by atoms with E-state index in [9.17, 15) is 58.2 Å². The van der Waals surface area contributed by atoms with Gasteiger partial charge in [0.2, 0.25) is 53.2 Å². The van der Waals surface area contributed by atoms with Gasteiger partial charge in [0.15, 0.2) is 5.78 Å². The normalized spacial score (nSPS) is 31.0. The Morgan fingerprint density at radius 2 is 0.955 bits per heavy atom. The predicted octanol–water partition coefficient (Wildman–Crippen LogP) is -2.70. The second-order valence-electron chi connectivity index (χ2n) is 19.1. The number of carbonyl (C=O) groups excluding carboxylic acids is 10. The molecule has 9 N–H and O–H groups in total. The van der Waals surface area contributed by atoms with Crippen molar-refractivity contribution in [3.8, 4) is 0 Å². The van der Waals surface area contributed by atoms with Gasteiger partial charge in [-0.2, -0.15) is 0 Å². The lowest BCUT2D eigenvalue weighted by molar-refractivity contribution is -0.145. The zero-order valence-electron chi connectivity index (χ0n) is 40.3. The van der Waals surface area contributed by atoms with Crippen molar-refractivity contribution in [2.45, 2.75) is 168 Å². The minimum atomic E-state index is -1.69. The third-order valence-electron chi connectivity index (χ3n) is 12.9. The van der Waals surface area contributed by atoms with Crippen LogP contribution in [0.25, 0.3) is 0 Å². The van der Waals surface area contributed by atoms with E-state index in [1.807, 2.05) is 6.92 Å². The lowest BCUT2D eigenvalue weighted by Gasteiger charge is -2.36. The molecule has 0 radical (unpaired) electrons. The Hall–Kier alpha value is -5.64. The van der Waals surface area contributed by atoms with Crippen molar-refractivity contribution in [2.24, 2.45) is 17.8 Å². The predicted molar refractivity (Wildman–Crippen MR) is 241 cm³/mol. The van der Waals surface area contributed by atoms with Crippen LogP contribution in [0.1, 0.15) is 101 Å². The summed E-state index contributed by atoms with van der Waals surface area (Å²) >= 11 is 0. The zero-order valence-corrected chi connectivity index (χ0v) is 40.3. The van der Waals surface area contributed by atoms with Gasteiger partial charge in [0, 0.05) is 24.9 Å². The van der Waals surface area contributed by atoms with Crippen molar-refractivity contribution in [1.82, 2.24) is 51.9 Å². The molecular weight excluding hydrogens is 873 g/mol. The van der Waals surface area contributed by atoms with Crippen molar-refractivity contribution in [1.29, 1.82) is 0 Å². The van der Waals surface area contributed by atoms with Crippen LogP contribution in [0.15, 0.2) is 11.8 Å². The first kappa shape index (κ1) is 54.0. The number of fused-ring (bicyclic) bond motifs is 4. The molecule has 67 heavy (non-hydrogen) atoms. The highest BCUT2D eigenvalue weighted by Crippen LogP contribution is 2.23. The van der Waals surface area contributed by atoms with Gasteiger partial charge in [0.05, 0.1) is 25.3 Å². The SMILES string of the molecule is CC[C@@H](C)[C@@H]1NC(=O)[C@H](C)NC(=O)[C@H]2CCCN2C(=O)C([C@@H](C)O)NC(=O)C([C@@H](C)O)NC(=O)C(C(C)C)NC(=O)[C@H](C)NC(=O)[C@H]2CCCN2C(=O)C(C(C)C)NC2=CC(=O)CN(C2)C1=O. The number of nitrogens with zero attached hydrogens (tertiary/aromatic N) is 3. The van der Waals surface area contributed by atoms with Gasteiger partial charge in [-0.05, 0) is 71.1 Å². The number of amides is 9. The van der Waals surface area contributed by atoms with Crippen molar-refractivity contribution in [2.75, 3.05) is 26.2 Å². The minimum Gasteiger partial charge on any atom is -0.391 e. The third kappa shape index (κ3) is 13.3. The molecule has 3 fully saturated rings. The lowest BCUT2D eigenvalue weighted by atomic mass is 9.96. The van der Waals surface area contributed by atoms with Gasteiger partial charge in [-0.1, -0.05) is 48.0 Å². The first-order chi connectivity index (χ1) is 31.4. The first-order valence-corrected chi connectivity index (χ1v) is 23.5. The highest BCUT2D eigenvalue weighted by molar-refractivity contribution is 6.00. The highest BCUT2D eigenvalue weighted by Gasteiger charge is 2.44. The fraction of sp³-hybridized carbons (Fsp3) is 0.733. The number of hydrogen-bond acceptors (Lipinski definition) is 13. The first-order valence-electron chi connectivity index (χ1n) is 23.5. The Kier molecular flexibility index (Phi) is 18.8. The minimum absolute atomic E-state index is 0.0528. The van der Waals surface area contributed by atoms with Crippen LogP contribution in [-0.2, 0) is 47.9 Å². The van der Waals surface area contributed by atoms with Gasteiger partial charge in [0.25, 0.3) is 0 Å². The van der Waals surface area contributed by atoms with E-state index in [0.29, 0.717) is 19.3 Å². The fourth-order valence-electron chi connectivity index (χ4n) is 8.66. The van der Waals surface area contributed by atoms with E-state index in [1.54, 1.807) is 34.6 Å². The Labute approximate surface area is 391 Å². The number of aliphatic hydroxyl groups excluding tert-OH is 2. The summed E-state index contributed by atoms with van der Waals surface area (Å²) in [7, 11) is 0. The summed E-state index contributed by atoms with van der Waals surface area (Å²) in [5, 5.41) is 40.0. The molecule has 4 aliphatic rings. The van der Waals surface area contributed by atoms with Gasteiger partial charge in [-0.25, -0.2) is 0 Å². The van der Waals surface area contributed by atoms with Crippen LogP contribution < -0.4 is 37.2 Å². The van der Waals surface area contributed by atoms with Gasteiger partial charge in [0.1, 0.15) is 54.4 Å². The van der Waals surface area contributed by atoms with E-state index < -0.39 is 137 Å². The molecule has 0 aliphatic carbocycles. The number of hydrogen-bond donors (Lipinski definition) is 9. The smallest absolute Gasteiger partial charge is 0.248 e. The Morgan fingerprint density at radius 3 is 1.42 bits per heavy atom. The number of rotatable bonds is 6. The van der Waals surface area contributed by atoms with E-state index in [1.165, 1.54) is 43.6 Å². The quantitative estimate of drug-likeness (QED) is 0.131. The largest absolute Gasteiger partial charge is 0.391 e. The topological polar surface area (TPSA) is 305 Å². The molecule has 22 nitrogen and oxygen atoms in total. The molecule has 4 heterocycles. The molecule has 4 unspecified atom stereocenters. The molecule has 374 valence electrons. The second kappa shape index (κ2) is 23.4. The molecule has 4 aliphatic heterocycles. The summed E-state index contributed by atoms with van der Waals surface area (Å²) in [6.07, 6.45) is -0.0153. The molecule has 4 rings (SSSR count). The fourth-order valence-corrected chi connectivity index (χ4v) is 8.66. The molecule has 9 amide bonds. The third-order valence-corrected chi connectivity index (χ3v) is 12.9. The van der Waals surface area contributed by atoms with E-state index >= 15 is 0 Å². The summed E-state index contributed by atoms with van der Waals surface area (Å²) in [6, 6.07) is -11.2. The average molecular weight is 945 g/mol. The summed E-state index contributed by atoms with van der Waals surface area (Å²) in [4.78, 5) is 142. The molecular formula is C45H72N10O12. The van der Waals surface area contributed by atoms with Gasteiger partial charge >= 0.3 is 0 Å². The molecule has 0 aromatic carbocycles. The zero-order chi connectivity index (χ0) is 50.2. The Balaban J connectivity index is 1.71. The lowest BCUT2D eigenvalue weighted by Crippen LogP contribution is -2.63. The van der Waals surface area contributed by atoms with E-state index in [0.717, 1.165) is 4.90 Å². The number of carbonyl (C=O) groups is 10. The van der Waals surface area contributed by atoms with Crippen LogP contribution in [-0.4, -0.2) is 177 Å². The van der Waals surface area contributed by atoms with Gasteiger partial charge < -0.3 is 62.1 Å². The number of nitrogens with one attached hydrogen (secondary N) is 7. The van der Waals surface area contributed by atoms with Crippen LogP contribution in [0.3, 0.4) is 0 Å². The maximum Gasteiger partial charge on any atom is 0.248 e. The molecule has 0 aromatic rings. The molecule has 2 bridgehead atoms. The summed E-state index contributed by atoms with van der Waals surface area (Å²) < 4.78 is 0. The monoisotopic (exact) mass is 945 g/mol. The molecule has 0 saturated carbocycles. The highest BCUT2D eigenvalue weighted by atomic mass is 16.3. The van der Waals surface area contributed by atoms with Crippen LogP contribution in [0.5, 0.6) is 0 Å². The van der Waals surface area contributed by atoms with Crippen LogP contribution in [0, 0.1) is 17.8 Å². The van der Waals surface area contributed by atoms with Crippen LogP contribution in [0.4, 0.5) is 0 Å². The van der Waals surface area contributed by atoms with E-state index in [-0.39, 0.29) is 50.6 Å². The van der Waals surface area contributed by atoms with Crippen molar-refractivity contribution in [3.05, 3.63) is 11.8 Å². The van der Waals surface area contributed by atoms with E-state index in [4.69, 9.17) is 0 Å². The summed E-state index contributed by atoms with van der Waals surface area (Å²) in [5.41, 5.74) is 0.272. The van der Waals surface area contributed by atoms with Gasteiger partial charge in [-0.15, -0.1) is 0 Å². The van der Waals surface area contributed by atoms with Crippen molar-refractivity contribution in [3.63, 3.8) is 0 Å². The summed E-state index contributed by atoms with van der Waals surface area (Å²) in [5.74, 6) is -8.43. The van der Waals surface area contributed by atoms with Gasteiger partial charge in [-0.3, -0.25) is 47.9 Å². The Bertz CT molecular complexity index is 1940. The van der Waals surface area contributed by atoms with Crippen LogP contribution >= 0.6 is 0 Å².